The molecule has 1 atom stereocenters. The standard InChI is InChI=1S/C13H17N3O4/c1-8-11-5-9(6-14-13(11)20-16-8)12(18)15-10(3-4-17)7-19-2/h5-6,10,17H,3-4,7H2,1-2H3,(H,15,18). The molecule has 0 saturated heterocycles. The number of nitrogens with one attached hydrogen (secondary N) is 1. The number of hydrogen-bond donors (Lipinski definition) is 2. The fraction of sp³-hybridized carbons (Fsp3) is 0.462. The van der Waals surface area contributed by atoms with E-state index in [1.54, 1.807) is 20.1 Å². The van der Waals surface area contributed by atoms with Crippen molar-refractivity contribution in [1.29, 1.82) is 0 Å². The van der Waals surface area contributed by atoms with Crippen LogP contribution in [0.2, 0.25) is 0 Å². The number of aliphatic hydroxyl groups is 1. The van der Waals surface area contributed by atoms with Crippen molar-refractivity contribution >= 4 is 17.0 Å². The molecule has 0 aliphatic heterocycles. The van der Waals surface area contributed by atoms with Crippen LogP contribution in [0.1, 0.15) is 22.5 Å². The van der Waals surface area contributed by atoms with Crippen molar-refractivity contribution in [2.45, 2.75) is 19.4 Å². The Bertz CT molecular complexity index is 590. The lowest BCUT2D eigenvalue weighted by atomic mass is 10.1. The number of amides is 1. The molecular formula is C13H17N3O4. The quantitative estimate of drug-likeness (QED) is 0.806. The summed E-state index contributed by atoms with van der Waals surface area (Å²) in [5.74, 6) is -0.268. The topological polar surface area (TPSA) is 97.5 Å². The average Bonchev–Trinajstić information content (AvgIpc) is 2.80. The number of carbonyl (C=O) groups is 1. The molecule has 0 spiro atoms. The third-order valence-electron chi connectivity index (χ3n) is 2.95. The summed E-state index contributed by atoms with van der Waals surface area (Å²) in [6.07, 6.45) is 1.87. The fourth-order valence-electron chi connectivity index (χ4n) is 1.89. The molecule has 2 rings (SSSR count). The summed E-state index contributed by atoms with van der Waals surface area (Å²) >= 11 is 0. The van der Waals surface area contributed by atoms with E-state index >= 15 is 0 Å². The number of methoxy groups -OCH3 is 1. The molecule has 2 aromatic rings. The first-order valence-electron chi connectivity index (χ1n) is 6.28. The maximum absolute atomic E-state index is 12.1. The van der Waals surface area contributed by atoms with Crippen molar-refractivity contribution < 1.29 is 19.2 Å². The average molecular weight is 279 g/mol. The number of aliphatic hydroxyl groups excluding tert-OH is 1. The number of ether oxygens (including phenoxy) is 1. The Morgan fingerprint density at radius 3 is 3.10 bits per heavy atom. The SMILES string of the molecule is COCC(CCO)NC(=O)c1cnc2onc(C)c2c1. The van der Waals surface area contributed by atoms with Gasteiger partial charge in [0.15, 0.2) is 0 Å². The highest BCUT2D eigenvalue weighted by Gasteiger charge is 2.15. The molecule has 1 unspecified atom stereocenters. The second-order valence-electron chi connectivity index (χ2n) is 4.48. The highest BCUT2D eigenvalue weighted by Crippen LogP contribution is 2.16. The van der Waals surface area contributed by atoms with Crippen molar-refractivity contribution in [3.8, 4) is 0 Å². The van der Waals surface area contributed by atoms with Gasteiger partial charge in [-0.2, -0.15) is 0 Å². The van der Waals surface area contributed by atoms with Crippen LogP contribution >= 0.6 is 0 Å². The van der Waals surface area contributed by atoms with Gasteiger partial charge >= 0.3 is 0 Å². The van der Waals surface area contributed by atoms with Gasteiger partial charge in [-0.05, 0) is 19.4 Å². The van der Waals surface area contributed by atoms with Crippen LogP contribution in [-0.4, -0.2) is 47.5 Å². The minimum Gasteiger partial charge on any atom is -0.396 e. The van der Waals surface area contributed by atoms with Crippen molar-refractivity contribution in [2.24, 2.45) is 0 Å². The summed E-state index contributed by atoms with van der Waals surface area (Å²) in [6.45, 7) is 2.11. The molecule has 0 fully saturated rings. The summed E-state index contributed by atoms with van der Waals surface area (Å²) < 4.78 is 10.00. The summed E-state index contributed by atoms with van der Waals surface area (Å²) in [6, 6.07) is 1.45. The summed E-state index contributed by atoms with van der Waals surface area (Å²) in [5.41, 5.74) is 1.51. The van der Waals surface area contributed by atoms with Crippen LogP contribution in [0.5, 0.6) is 0 Å². The minimum atomic E-state index is -0.268. The number of aromatic nitrogens is 2. The zero-order chi connectivity index (χ0) is 14.5. The van der Waals surface area contributed by atoms with Crippen molar-refractivity contribution in [3.05, 3.63) is 23.5 Å². The Morgan fingerprint density at radius 1 is 1.60 bits per heavy atom. The lowest BCUT2D eigenvalue weighted by Gasteiger charge is -2.16. The Hall–Kier alpha value is -1.99. The zero-order valence-corrected chi connectivity index (χ0v) is 11.4. The fourth-order valence-corrected chi connectivity index (χ4v) is 1.89. The Morgan fingerprint density at radius 2 is 2.40 bits per heavy atom. The molecule has 108 valence electrons. The monoisotopic (exact) mass is 279 g/mol. The van der Waals surface area contributed by atoms with Crippen LogP contribution in [0.4, 0.5) is 0 Å². The smallest absolute Gasteiger partial charge is 0.257 e. The molecule has 20 heavy (non-hydrogen) atoms. The zero-order valence-electron chi connectivity index (χ0n) is 11.4. The second kappa shape index (κ2) is 6.44. The maximum atomic E-state index is 12.1. The molecule has 7 heteroatoms. The Labute approximate surface area is 115 Å². The van der Waals surface area contributed by atoms with Crippen molar-refractivity contribution in [1.82, 2.24) is 15.5 Å². The van der Waals surface area contributed by atoms with Crippen LogP contribution in [-0.2, 0) is 4.74 Å². The highest BCUT2D eigenvalue weighted by atomic mass is 16.5. The van der Waals surface area contributed by atoms with Gasteiger partial charge in [-0.3, -0.25) is 4.79 Å². The van der Waals surface area contributed by atoms with Crippen LogP contribution in [0.25, 0.3) is 11.1 Å². The van der Waals surface area contributed by atoms with E-state index in [9.17, 15) is 4.79 Å². The van der Waals surface area contributed by atoms with Crippen LogP contribution in [0, 0.1) is 6.92 Å². The van der Waals surface area contributed by atoms with Gasteiger partial charge in [-0.25, -0.2) is 4.98 Å². The predicted octanol–water partition coefficient (Wildman–Crippen LogP) is 0.658. The van der Waals surface area contributed by atoms with E-state index in [4.69, 9.17) is 14.4 Å². The second-order valence-corrected chi connectivity index (χ2v) is 4.48. The van der Waals surface area contributed by atoms with Crippen molar-refractivity contribution in [3.63, 3.8) is 0 Å². The highest BCUT2D eigenvalue weighted by molar-refractivity contribution is 5.97. The number of pyridine rings is 1. The van der Waals surface area contributed by atoms with E-state index in [1.807, 2.05) is 0 Å². The number of carbonyl (C=O) groups excluding carboxylic acids is 1. The van der Waals surface area contributed by atoms with Gasteiger partial charge < -0.3 is 19.7 Å². The van der Waals surface area contributed by atoms with Gasteiger partial charge in [0.05, 0.1) is 29.3 Å². The maximum Gasteiger partial charge on any atom is 0.257 e. The molecule has 0 bridgehead atoms. The largest absolute Gasteiger partial charge is 0.396 e. The summed E-state index contributed by atoms with van der Waals surface area (Å²) in [4.78, 5) is 16.2. The number of nitrogens with zero attached hydrogens (tertiary/aromatic N) is 2. The molecule has 2 aromatic heterocycles. The van der Waals surface area contributed by atoms with Crippen LogP contribution in [0.15, 0.2) is 16.8 Å². The first-order chi connectivity index (χ1) is 9.65. The lowest BCUT2D eigenvalue weighted by molar-refractivity contribution is 0.0878. The van der Waals surface area contributed by atoms with Gasteiger partial charge in [0.25, 0.3) is 11.6 Å². The van der Waals surface area contributed by atoms with Crippen molar-refractivity contribution in [2.75, 3.05) is 20.3 Å². The van der Waals surface area contributed by atoms with E-state index in [1.165, 1.54) is 6.20 Å². The number of fused-ring (bicyclic) bond motifs is 1. The van der Waals surface area contributed by atoms with Crippen LogP contribution in [0.3, 0.4) is 0 Å². The molecule has 0 aliphatic carbocycles. The minimum absolute atomic E-state index is 0.0175. The molecule has 0 radical (unpaired) electrons. The number of hydrogen-bond acceptors (Lipinski definition) is 6. The third-order valence-corrected chi connectivity index (χ3v) is 2.95. The molecule has 7 nitrogen and oxygen atoms in total. The van der Waals surface area contributed by atoms with E-state index < -0.39 is 0 Å². The number of rotatable bonds is 6. The Kier molecular flexibility index (Phi) is 4.65. The molecule has 2 N–H and O–H groups in total. The molecule has 0 aromatic carbocycles. The molecule has 0 aliphatic rings. The van der Waals surface area contributed by atoms with E-state index in [-0.39, 0.29) is 18.6 Å². The molecular weight excluding hydrogens is 262 g/mol. The molecule has 2 heterocycles. The van der Waals surface area contributed by atoms with Gasteiger partial charge in [0.1, 0.15) is 0 Å². The number of aryl methyl sites for hydroxylation is 1. The van der Waals surface area contributed by atoms with E-state index in [0.29, 0.717) is 35.4 Å². The first kappa shape index (κ1) is 14.4. The predicted molar refractivity (Wildman–Crippen MR) is 71.4 cm³/mol. The third kappa shape index (κ3) is 3.12. The van der Waals surface area contributed by atoms with E-state index in [2.05, 4.69) is 15.5 Å². The van der Waals surface area contributed by atoms with Gasteiger partial charge in [0.2, 0.25) is 0 Å². The van der Waals surface area contributed by atoms with Crippen LogP contribution < -0.4 is 5.32 Å². The molecule has 0 saturated carbocycles. The summed E-state index contributed by atoms with van der Waals surface area (Å²) in [7, 11) is 1.55. The van der Waals surface area contributed by atoms with Gasteiger partial charge in [-0.1, -0.05) is 5.16 Å². The first-order valence-corrected chi connectivity index (χ1v) is 6.28. The molecule has 1 amide bonds. The van der Waals surface area contributed by atoms with Gasteiger partial charge in [0, 0.05) is 19.9 Å². The Balaban J connectivity index is 2.15. The lowest BCUT2D eigenvalue weighted by Crippen LogP contribution is -2.38. The van der Waals surface area contributed by atoms with E-state index in [0.717, 1.165) is 0 Å². The normalized spacial score (nSPS) is 12.6. The van der Waals surface area contributed by atoms with Gasteiger partial charge in [-0.15, -0.1) is 0 Å². The summed E-state index contributed by atoms with van der Waals surface area (Å²) in [5, 5.41) is 16.3.